The van der Waals surface area contributed by atoms with Crippen molar-refractivity contribution in [1.82, 2.24) is 30.2 Å². The fraction of sp³-hybridized carbons (Fsp3) is 0.737. The Labute approximate surface area is 161 Å². The van der Waals surface area contributed by atoms with E-state index in [-0.39, 0.29) is 17.9 Å². The van der Waals surface area contributed by atoms with Gasteiger partial charge in [-0.3, -0.25) is 19.2 Å². The van der Waals surface area contributed by atoms with Crippen molar-refractivity contribution >= 4 is 11.8 Å². The largest absolute Gasteiger partial charge is 0.353 e. The van der Waals surface area contributed by atoms with Crippen molar-refractivity contribution < 1.29 is 9.59 Å². The van der Waals surface area contributed by atoms with Crippen LogP contribution in [-0.2, 0) is 4.79 Å². The highest BCUT2D eigenvalue weighted by atomic mass is 16.2. The molecule has 1 aromatic rings. The first-order valence-corrected chi connectivity index (χ1v) is 10.1. The molecule has 0 aliphatic carbocycles. The van der Waals surface area contributed by atoms with Gasteiger partial charge in [0.2, 0.25) is 5.91 Å². The molecule has 2 atom stereocenters. The van der Waals surface area contributed by atoms with Gasteiger partial charge in [-0.2, -0.15) is 5.10 Å². The second kappa shape index (κ2) is 9.32. The molecule has 150 valence electrons. The van der Waals surface area contributed by atoms with E-state index in [0.717, 1.165) is 32.4 Å². The van der Waals surface area contributed by atoms with E-state index in [0.29, 0.717) is 44.5 Å². The molecule has 2 aliphatic heterocycles. The van der Waals surface area contributed by atoms with Crippen LogP contribution in [0.4, 0.5) is 0 Å². The molecular formula is C19H32N6O2. The summed E-state index contributed by atoms with van der Waals surface area (Å²) in [5.74, 6) is 0.0465. The van der Waals surface area contributed by atoms with Crippen molar-refractivity contribution in [3.05, 3.63) is 18.0 Å². The minimum absolute atomic E-state index is 0.0128. The zero-order valence-corrected chi connectivity index (χ0v) is 16.5. The van der Waals surface area contributed by atoms with E-state index in [2.05, 4.69) is 27.6 Å². The molecular weight excluding hydrogens is 344 g/mol. The summed E-state index contributed by atoms with van der Waals surface area (Å²) in [4.78, 5) is 28.7. The number of amides is 2. The van der Waals surface area contributed by atoms with Crippen molar-refractivity contribution in [2.45, 2.75) is 45.2 Å². The first kappa shape index (κ1) is 19.8. The zero-order valence-electron chi connectivity index (χ0n) is 16.5. The Bertz CT molecular complexity index is 632. The molecule has 3 heterocycles. The Morgan fingerprint density at radius 3 is 2.78 bits per heavy atom. The van der Waals surface area contributed by atoms with Crippen LogP contribution in [0.25, 0.3) is 0 Å². The van der Waals surface area contributed by atoms with Crippen LogP contribution >= 0.6 is 0 Å². The molecule has 0 bridgehead atoms. The van der Waals surface area contributed by atoms with Gasteiger partial charge >= 0.3 is 0 Å². The van der Waals surface area contributed by atoms with Crippen LogP contribution < -0.4 is 10.6 Å². The highest BCUT2D eigenvalue weighted by molar-refractivity contribution is 5.92. The lowest BCUT2D eigenvalue weighted by atomic mass is 10.1. The monoisotopic (exact) mass is 376 g/mol. The molecule has 2 saturated heterocycles. The van der Waals surface area contributed by atoms with Crippen molar-refractivity contribution in [3.8, 4) is 0 Å². The molecule has 3 rings (SSSR count). The topological polar surface area (TPSA) is 82.5 Å². The van der Waals surface area contributed by atoms with E-state index >= 15 is 0 Å². The maximum atomic E-state index is 12.7. The third-order valence-corrected chi connectivity index (χ3v) is 5.52. The Hall–Kier alpha value is -1.93. The van der Waals surface area contributed by atoms with Gasteiger partial charge < -0.3 is 15.5 Å². The second-order valence-corrected chi connectivity index (χ2v) is 7.63. The van der Waals surface area contributed by atoms with Crippen LogP contribution in [-0.4, -0.2) is 83.2 Å². The lowest BCUT2D eigenvalue weighted by Gasteiger charge is -2.34. The van der Waals surface area contributed by atoms with Crippen LogP contribution in [0.15, 0.2) is 12.3 Å². The Balaban J connectivity index is 1.47. The number of rotatable bonds is 6. The van der Waals surface area contributed by atoms with Gasteiger partial charge in [-0.05, 0) is 38.8 Å². The van der Waals surface area contributed by atoms with Crippen LogP contribution in [0.2, 0.25) is 0 Å². The van der Waals surface area contributed by atoms with Crippen molar-refractivity contribution in [2.75, 3.05) is 45.8 Å². The molecule has 2 amide bonds. The molecule has 2 unspecified atom stereocenters. The van der Waals surface area contributed by atoms with Crippen LogP contribution in [0.5, 0.6) is 0 Å². The summed E-state index contributed by atoms with van der Waals surface area (Å²) in [6, 6.07) is 2.36. The first-order chi connectivity index (χ1) is 13.1. The van der Waals surface area contributed by atoms with Gasteiger partial charge in [0.05, 0.1) is 12.6 Å². The van der Waals surface area contributed by atoms with E-state index in [1.54, 1.807) is 0 Å². The molecule has 1 aromatic heterocycles. The summed E-state index contributed by atoms with van der Waals surface area (Å²) in [6.07, 6.45) is 5.08. The van der Waals surface area contributed by atoms with E-state index < -0.39 is 0 Å². The summed E-state index contributed by atoms with van der Waals surface area (Å²) >= 11 is 0. The molecule has 8 heteroatoms. The standard InChI is InChI=1S/C19H32N6O2/c1-3-15(2)21-18(26)14-23-9-11-24(12-10-23)19(27)17-6-8-25(22-17)16-5-4-7-20-13-16/h6,8,15-16,20H,3-5,7,9-14H2,1-2H3,(H,21,26). The van der Waals surface area contributed by atoms with E-state index in [4.69, 9.17) is 0 Å². The van der Waals surface area contributed by atoms with Gasteiger partial charge in [-0.25, -0.2) is 0 Å². The van der Waals surface area contributed by atoms with Crippen molar-refractivity contribution in [1.29, 1.82) is 0 Å². The quantitative estimate of drug-likeness (QED) is 0.755. The number of carbonyl (C=O) groups is 2. The maximum Gasteiger partial charge on any atom is 0.274 e. The van der Waals surface area contributed by atoms with Crippen LogP contribution in [0.3, 0.4) is 0 Å². The van der Waals surface area contributed by atoms with Crippen LogP contribution in [0.1, 0.15) is 49.6 Å². The van der Waals surface area contributed by atoms with E-state index in [9.17, 15) is 9.59 Å². The molecule has 2 N–H and O–H groups in total. The Kier molecular flexibility index (Phi) is 6.84. The number of nitrogens with one attached hydrogen (secondary N) is 2. The summed E-state index contributed by atoms with van der Waals surface area (Å²) in [5, 5.41) is 10.9. The van der Waals surface area contributed by atoms with Gasteiger partial charge in [0.1, 0.15) is 5.69 Å². The highest BCUT2D eigenvalue weighted by Gasteiger charge is 2.25. The third-order valence-electron chi connectivity index (χ3n) is 5.52. The lowest BCUT2D eigenvalue weighted by Crippen LogP contribution is -2.51. The summed E-state index contributed by atoms with van der Waals surface area (Å²) in [7, 11) is 0. The molecule has 0 saturated carbocycles. The van der Waals surface area contributed by atoms with Crippen molar-refractivity contribution in [2.24, 2.45) is 0 Å². The lowest BCUT2D eigenvalue weighted by molar-refractivity contribution is -0.123. The number of piperidine rings is 1. The normalized spacial score (nSPS) is 22.4. The van der Waals surface area contributed by atoms with Crippen molar-refractivity contribution in [3.63, 3.8) is 0 Å². The maximum absolute atomic E-state index is 12.7. The fourth-order valence-corrected chi connectivity index (χ4v) is 3.61. The third kappa shape index (κ3) is 5.29. The average molecular weight is 377 g/mol. The molecule has 27 heavy (non-hydrogen) atoms. The van der Waals surface area contributed by atoms with Gasteiger partial charge in [0, 0.05) is 45.0 Å². The predicted molar refractivity (Wildman–Crippen MR) is 104 cm³/mol. The second-order valence-electron chi connectivity index (χ2n) is 7.63. The van der Waals surface area contributed by atoms with Crippen LogP contribution in [0, 0.1) is 0 Å². The number of nitrogens with zero attached hydrogens (tertiary/aromatic N) is 4. The van der Waals surface area contributed by atoms with Gasteiger partial charge in [0.25, 0.3) is 5.91 Å². The van der Waals surface area contributed by atoms with Gasteiger partial charge in [0.15, 0.2) is 0 Å². The van der Waals surface area contributed by atoms with Gasteiger partial charge in [-0.15, -0.1) is 0 Å². The average Bonchev–Trinajstić information content (AvgIpc) is 3.18. The molecule has 0 aromatic carbocycles. The molecule has 2 fully saturated rings. The number of hydrogen-bond acceptors (Lipinski definition) is 5. The van der Waals surface area contributed by atoms with Gasteiger partial charge in [-0.1, -0.05) is 6.92 Å². The van der Waals surface area contributed by atoms with E-state index in [1.807, 2.05) is 28.8 Å². The minimum Gasteiger partial charge on any atom is -0.353 e. The summed E-state index contributed by atoms with van der Waals surface area (Å²) < 4.78 is 1.93. The number of hydrogen-bond donors (Lipinski definition) is 2. The highest BCUT2D eigenvalue weighted by Crippen LogP contribution is 2.16. The fourth-order valence-electron chi connectivity index (χ4n) is 3.61. The minimum atomic E-state index is -0.0128. The Morgan fingerprint density at radius 2 is 2.11 bits per heavy atom. The number of carbonyl (C=O) groups excluding carboxylic acids is 2. The summed E-state index contributed by atoms with van der Waals surface area (Å²) in [6.45, 7) is 9.13. The zero-order chi connectivity index (χ0) is 19.2. The molecule has 2 aliphatic rings. The molecule has 8 nitrogen and oxygen atoms in total. The first-order valence-electron chi connectivity index (χ1n) is 10.1. The smallest absolute Gasteiger partial charge is 0.274 e. The molecule has 0 radical (unpaired) electrons. The Morgan fingerprint density at radius 1 is 1.33 bits per heavy atom. The van der Waals surface area contributed by atoms with E-state index in [1.165, 1.54) is 0 Å². The summed E-state index contributed by atoms with van der Waals surface area (Å²) in [5.41, 5.74) is 0.517. The molecule has 0 spiro atoms. The number of piperazine rings is 1. The number of aromatic nitrogens is 2. The SMILES string of the molecule is CCC(C)NC(=O)CN1CCN(C(=O)c2ccn(C3CCCNC3)n2)CC1. The predicted octanol–water partition coefficient (Wildman–Crippen LogP) is 0.480.